The maximum Gasteiger partial charge on any atom is 0.160 e. The minimum atomic E-state index is 0.713. The van der Waals surface area contributed by atoms with Gasteiger partial charge in [-0.1, -0.05) is 170 Å². The predicted molar refractivity (Wildman–Crippen MR) is 243 cm³/mol. The van der Waals surface area contributed by atoms with Crippen LogP contribution in [0.3, 0.4) is 0 Å². The molecule has 0 spiro atoms. The van der Waals surface area contributed by atoms with Crippen LogP contribution < -0.4 is 0 Å². The van der Waals surface area contributed by atoms with Crippen molar-refractivity contribution >= 4 is 53.1 Å². The lowest BCUT2D eigenvalue weighted by Crippen LogP contribution is -1.96. The van der Waals surface area contributed by atoms with E-state index in [9.17, 15) is 0 Å². The Kier molecular flexibility index (Phi) is 8.04. The van der Waals surface area contributed by atoms with Crippen LogP contribution in [-0.2, 0) is 0 Å². The third-order valence-electron chi connectivity index (χ3n) is 11.1. The number of hydrogen-bond donors (Lipinski definition) is 0. The van der Waals surface area contributed by atoms with Crippen LogP contribution in [-0.4, -0.2) is 9.97 Å². The molecule has 2 nitrogen and oxygen atoms in total. The Hall–Kier alpha value is -7.20. The van der Waals surface area contributed by atoms with Crippen molar-refractivity contribution in [2.75, 3.05) is 0 Å². The summed E-state index contributed by atoms with van der Waals surface area (Å²) in [5.41, 5.74) is 12.1. The molecule has 2 heterocycles. The molecule has 0 fully saturated rings. The van der Waals surface area contributed by atoms with Gasteiger partial charge in [-0.3, -0.25) is 0 Å². The highest BCUT2D eigenvalue weighted by Crippen LogP contribution is 2.38. The molecule has 0 aliphatic carbocycles. The molecule has 9 aromatic carbocycles. The summed E-state index contributed by atoms with van der Waals surface area (Å²) < 4.78 is 2.67. The van der Waals surface area contributed by atoms with Crippen LogP contribution in [0.2, 0.25) is 0 Å². The molecule has 11 aromatic rings. The Morgan fingerprint density at radius 2 is 0.702 bits per heavy atom. The minimum Gasteiger partial charge on any atom is -0.228 e. The van der Waals surface area contributed by atoms with Gasteiger partial charge in [0, 0.05) is 36.9 Å². The third-order valence-corrected chi connectivity index (χ3v) is 12.3. The van der Waals surface area contributed by atoms with Crippen LogP contribution >= 0.6 is 11.3 Å². The summed E-state index contributed by atoms with van der Waals surface area (Å²) in [4.78, 5) is 10.1. The molecular weight excluding hydrogens is 709 g/mol. The van der Waals surface area contributed by atoms with Crippen molar-refractivity contribution in [2.45, 2.75) is 0 Å². The number of thiophene rings is 1. The molecule has 0 aliphatic heterocycles. The summed E-state index contributed by atoms with van der Waals surface area (Å²) in [5, 5.41) is 7.67. The minimum absolute atomic E-state index is 0.713. The molecule has 11 rings (SSSR count). The third kappa shape index (κ3) is 6.15. The molecule has 0 saturated carbocycles. The quantitative estimate of drug-likeness (QED) is 0.159. The van der Waals surface area contributed by atoms with Gasteiger partial charge in [0.15, 0.2) is 5.82 Å². The SMILES string of the molecule is c1ccc(-c2ccc(-c3cc(-c4ccc(-c5ccc6c(ccc7cc(-c8ccc9sc%10ccccc%10c9c8)ccc76)c5)cc4)nc(-c4ccccc4)n3)cc2)cc1. The molecule has 0 bridgehead atoms. The van der Waals surface area contributed by atoms with Gasteiger partial charge in [0.2, 0.25) is 0 Å². The van der Waals surface area contributed by atoms with Crippen molar-refractivity contribution in [3.05, 3.63) is 206 Å². The van der Waals surface area contributed by atoms with Crippen LogP contribution in [0.1, 0.15) is 0 Å². The highest BCUT2D eigenvalue weighted by Gasteiger charge is 2.13. The first-order chi connectivity index (χ1) is 28.2. The van der Waals surface area contributed by atoms with E-state index in [0.29, 0.717) is 5.82 Å². The Morgan fingerprint density at radius 1 is 0.263 bits per heavy atom. The Morgan fingerprint density at radius 3 is 1.33 bits per heavy atom. The Bertz CT molecular complexity index is 3260. The van der Waals surface area contributed by atoms with E-state index in [1.165, 1.54) is 75.1 Å². The second kappa shape index (κ2) is 13.8. The molecule has 2 aromatic heterocycles. The Balaban J connectivity index is 0.903. The van der Waals surface area contributed by atoms with Crippen molar-refractivity contribution in [1.82, 2.24) is 9.97 Å². The molecule has 0 unspecified atom stereocenters. The van der Waals surface area contributed by atoms with E-state index in [4.69, 9.17) is 9.97 Å². The average Bonchev–Trinajstić information content (AvgIpc) is 3.67. The largest absolute Gasteiger partial charge is 0.228 e. The second-order valence-corrected chi connectivity index (χ2v) is 15.7. The first-order valence-electron chi connectivity index (χ1n) is 19.3. The van der Waals surface area contributed by atoms with E-state index >= 15 is 0 Å². The van der Waals surface area contributed by atoms with Crippen molar-refractivity contribution in [1.29, 1.82) is 0 Å². The summed E-state index contributed by atoms with van der Waals surface area (Å²) in [7, 11) is 0. The van der Waals surface area contributed by atoms with Gasteiger partial charge in [0.05, 0.1) is 11.4 Å². The van der Waals surface area contributed by atoms with E-state index in [1.54, 1.807) is 0 Å². The molecule has 0 radical (unpaired) electrons. The number of nitrogens with zero attached hydrogens (tertiary/aromatic N) is 2. The number of aromatic nitrogens is 2. The molecule has 266 valence electrons. The topological polar surface area (TPSA) is 25.8 Å². The second-order valence-electron chi connectivity index (χ2n) is 14.6. The smallest absolute Gasteiger partial charge is 0.160 e. The van der Waals surface area contributed by atoms with Crippen LogP contribution in [0.25, 0.3) is 109 Å². The lowest BCUT2D eigenvalue weighted by atomic mass is 9.94. The number of fused-ring (bicyclic) bond motifs is 6. The van der Waals surface area contributed by atoms with E-state index in [-0.39, 0.29) is 0 Å². The van der Waals surface area contributed by atoms with Crippen molar-refractivity contribution in [3.63, 3.8) is 0 Å². The Labute approximate surface area is 335 Å². The highest BCUT2D eigenvalue weighted by atomic mass is 32.1. The van der Waals surface area contributed by atoms with E-state index < -0.39 is 0 Å². The molecule has 0 atom stereocenters. The monoisotopic (exact) mass is 742 g/mol. The van der Waals surface area contributed by atoms with E-state index in [1.807, 2.05) is 35.6 Å². The van der Waals surface area contributed by atoms with Gasteiger partial charge in [-0.2, -0.15) is 0 Å². The number of hydrogen-bond acceptors (Lipinski definition) is 3. The fourth-order valence-corrected chi connectivity index (χ4v) is 9.18. The lowest BCUT2D eigenvalue weighted by Gasteiger charge is -2.11. The maximum atomic E-state index is 5.07. The van der Waals surface area contributed by atoms with Gasteiger partial charge in [-0.15, -0.1) is 11.3 Å². The van der Waals surface area contributed by atoms with Crippen molar-refractivity contribution in [3.8, 4) is 67.3 Å². The molecule has 57 heavy (non-hydrogen) atoms. The van der Waals surface area contributed by atoms with Crippen molar-refractivity contribution in [2.24, 2.45) is 0 Å². The van der Waals surface area contributed by atoms with Gasteiger partial charge in [0.1, 0.15) is 0 Å². The fraction of sp³-hybridized carbons (Fsp3) is 0. The fourth-order valence-electron chi connectivity index (χ4n) is 8.09. The maximum absolute atomic E-state index is 5.07. The van der Waals surface area contributed by atoms with Crippen LogP contribution in [0, 0.1) is 0 Å². The van der Waals surface area contributed by atoms with Crippen molar-refractivity contribution < 1.29 is 0 Å². The average molecular weight is 743 g/mol. The first kappa shape index (κ1) is 33.2. The normalized spacial score (nSPS) is 11.5. The zero-order valence-corrected chi connectivity index (χ0v) is 31.7. The summed E-state index contributed by atoms with van der Waals surface area (Å²) >= 11 is 1.86. The molecular formula is C54H34N2S. The standard InChI is InChI=1S/C54H34N2S/c1-3-9-35(10-4-1)36-15-19-38(20-16-36)50-34-51(56-54(55-50)40-11-5-2-6-12-40)39-21-17-37(18-22-39)41-25-28-46-44(31-41)23-24-45-32-42(26-29-47(45)46)43-27-30-53-49(33-43)48-13-7-8-14-52(48)57-53/h1-34H. The molecule has 3 heteroatoms. The van der Waals surface area contributed by atoms with Crippen LogP contribution in [0.5, 0.6) is 0 Å². The van der Waals surface area contributed by atoms with Gasteiger partial charge in [-0.25, -0.2) is 9.97 Å². The molecule has 0 amide bonds. The zero-order valence-electron chi connectivity index (χ0n) is 30.9. The van der Waals surface area contributed by atoms with Gasteiger partial charge >= 0.3 is 0 Å². The van der Waals surface area contributed by atoms with Crippen LogP contribution in [0.4, 0.5) is 0 Å². The lowest BCUT2D eigenvalue weighted by molar-refractivity contribution is 1.18. The summed E-state index contributed by atoms with van der Waals surface area (Å²) in [5.74, 6) is 0.713. The number of rotatable bonds is 6. The summed E-state index contributed by atoms with van der Waals surface area (Å²) in [6.45, 7) is 0. The van der Waals surface area contributed by atoms with Gasteiger partial charge in [0.25, 0.3) is 0 Å². The molecule has 0 saturated heterocycles. The van der Waals surface area contributed by atoms with Crippen LogP contribution in [0.15, 0.2) is 206 Å². The number of benzene rings is 9. The molecule has 0 N–H and O–H groups in total. The highest BCUT2D eigenvalue weighted by molar-refractivity contribution is 7.25. The predicted octanol–water partition coefficient (Wildman–Crippen LogP) is 15.2. The zero-order chi connectivity index (χ0) is 37.7. The van der Waals surface area contributed by atoms with E-state index in [2.05, 4.69) is 182 Å². The molecule has 0 aliphatic rings. The first-order valence-corrected chi connectivity index (χ1v) is 20.1. The summed E-state index contributed by atoms with van der Waals surface area (Å²) in [6.07, 6.45) is 0. The van der Waals surface area contributed by atoms with Gasteiger partial charge < -0.3 is 0 Å². The summed E-state index contributed by atoms with van der Waals surface area (Å²) in [6, 6.07) is 74.0. The van der Waals surface area contributed by atoms with E-state index in [0.717, 1.165) is 28.1 Å². The van der Waals surface area contributed by atoms with Gasteiger partial charge in [-0.05, 0) is 91.3 Å².